The molecule has 1 N–H and O–H groups in total. The normalized spacial score (nSPS) is 12.1. The summed E-state index contributed by atoms with van der Waals surface area (Å²) < 4.78 is 17.8. The van der Waals surface area contributed by atoms with E-state index in [1.165, 1.54) is 0 Å². The van der Waals surface area contributed by atoms with Gasteiger partial charge in [0.2, 0.25) is 12.7 Å². The van der Waals surface area contributed by atoms with Gasteiger partial charge in [-0.05, 0) is 50.1 Å². The van der Waals surface area contributed by atoms with Crippen LogP contribution in [0.5, 0.6) is 17.2 Å². The molecule has 2 aromatic carbocycles. The summed E-state index contributed by atoms with van der Waals surface area (Å²) in [4.78, 5) is 12.4. The van der Waals surface area contributed by atoms with Crippen molar-refractivity contribution < 1.29 is 19.0 Å². The second-order valence-electron chi connectivity index (χ2n) is 6.88. The second-order valence-corrected chi connectivity index (χ2v) is 6.88. The Balaban J connectivity index is 1.44. The van der Waals surface area contributed by atoms with Gasteiger partial charge >= 0.3 is 0 Å². The minimum atomic E-state index is -0.0585. The van der Waals surface area contributed by atoms with Crippen molar-refractivity contribution in [3.8, 4) is 22.9 Å². The minimum Gasteiger partial charge on any atom is -0.497 e. The molecule has 0 saturated carbocycles. The number of amides is 1. The standard InChI is InChI=1S/C22H23N3O4/c1-14-19(15(2)25(24-14)17-5-4-6-18(12-17)27-3)8-10-22(26)23-16-7-9-20-21(11-16)29-13-28-20/h4-7,9,11-12H,8,10,13H2,1-3H3,(H,23,26). The van der Waals surface area contributed by atoms with Crippen molar-refractivity contribution in [2.24, 2.45) is 0 Å². The number of anilines is 1. The van der Waals surface area contributed by atoms with Gasteiger partial charge in [-0.3, -0.25) is 4.79 Å². The van der Waals surface area contributed by atoms with Crippen LogP contribution in [0.15, 0.2) is 42.5 Å². The minimum absolute atomic E-state index is 0.0585. The third-order valence-corrected chi connectivity index (χ3v) is 5.00. The van der Waals surface area contributed by atoms with E-state index in [0.29, 0.717) is 30.0 Å². The Morgan fingerprint density at radius 2 is 2.00 bits per heavy atom. The van der Waals surface area contributed by atoms with Crippen LogP contribution in [-0.4, -0.2) is 29.6 Å². The number of hydrogen-bond acceptors (Lipinski definition) is 5. The average Bonchev–Trinajstić information content (AvgIpc) is 3.30. The van der Waals surface area contributed by atoms with Gasteiger partial charge in [0, 0.05) is 29.9 Å². The molecule has 0 unspecified atom stereocenters. The first-order chi connectivity index (χ1) is 14.0. The number of nitrogens with zero attached hydrogens (tertiary/aromatic N) is 2. The Labute approximate surface area is 169 Å². The van der Waals surface area contributed by atoms with E-state index in [1.54, 1.807) is 19.2 Å². The zero-order chi connectivity index (χ0) is 20.4. The number of aromatic nitrogens is 2. The number of carbonyl (C=O) groups is 1. The lowest BCUT2D eigenvalue weighted by atomic mass is 10.1. The summed E-state index contributed by atoms with van der Waals surface area (Å²) in [5, 5.41) is 7.57. The number of aryl methyl sites for hydroxylation is 1. The van der Waals surface area contributed by atoms with E-state index in [4.69, 9.17) is 14.2 Å². The number of benzene rings is 2. The summed E-state index contributed by atoms with van der Waals surface area (Å²) >= 11 is 0. The zero-order valence-electron chi connectivity index (χ0n) is 16.7. The van der Waals surface area contributed by atoms with Crippen molar-refractivity contribution >= 4 is 11.6 Å². The number of rotatable bonds is 6. The van der Waals surface area contributed by atoms with Crippen LogP contribution in [0.3, 0.4) is 0 Å². The summed E-state index contributed by atoms with van der Waals surface area (Å²) in [6.07, 6.45) is 0.970. The van der Waals surface area contributed by atoms with Crippen LogP contribution in [0.25, 0.3) is 5.69 Å². The number of ether oxygens (including phenoxy) is 3. The first-order valence-electron chi connectivity index (χ1n) is 9.44. The van der Waals surface area contributed by atoms with Crippen molar-refractivity contribution in [2.75, 3.05) is 19.2 Å². The smallest absolute Gasteiger partial charge is 0.231 e. The third-order valence-electron chi connectivity index (χ3n) is 5.00. The molecule has 2 heterocycles. The molecule has 1 aliphatic heterocycles. The van der Waals surface area contributed by atoms with Crippen LogP contribution in [0.1, 0.15) is 23.4 Å². The van der Waals surface area contributed by atoms with Crippen molar-refractivity contribution in [3.05, 3.63) is 59.4 Å². The molecule has 4 rings (SSSR count). The lowest BCUT2D eigenvalue weighted by Gasteiger charge is -2.08. The van der Waals surface area contributed by atoms with Gasteiger partial charge < -0.3 is 19.5 Å². The van der Waals surface area contributed by atoms with Crippen LogP contribution >= 0.6 is 0 Å². The van der Waals surface area contributed by atoms with E-state index in [-0.39, 0.29) is 12.7 Å². The summed E-state index contributed by atoms with van der Waals surface area (Å²) in [5.41, 5.74) is 4.64. The van der Waals surface area contributed by atoms with Crippen LogP contribution < -0.4 is 19.5 Å². The molecule has 0 aliphatic carbocycles. The molecule has 0 saturated heterocycles. The molecule has 1 aromatic heterocycles. The first-order valence-corrected chi connectivity index (χ1v) is 9.44. The summed E-state index contributed by atoms with van der Waals surface area (Å²) in [6, 6.07) is 13.1. The van der Waals surface area contributed by atoms with E-state index in [1.807, 2.05) is 48.9 Å². The number of hydrogen-bond donors (Lipinski definition) is 1. The number of methoxy groups -OCH3 is 1. The van der Waals surface area contributed by atoms with Crippen LogP contribution in [0, 0.1) is 13.8 Å². The Morgan fingerprint density at radius 1 is 1.17 bits per heavy atom. The molecular formula is C22H23N3O4. The fraction of sp³-hybridized carbons (Fsp3) is 0.273. The third kappa shape index (κ3) is 3.89. The molecule has 150 valence electrons. The maximum atomic E-state index is 12.4. The monoisotopic (exact) mass is 393 g/mol. The molecule has 0 spiro atoms. The number of nitrogens with one attached hydrogen (secondary N) is 1. The topological polar surface area (TPSA) is 74.6 Å². The largest absolute Gasteiger partial charge is 0.497 e. The Kier molecular flexibility index (Phi) is 5.12. The molecular weight excluding hydrogens is 370 g/mol. The van der Waals surface area contributed by atoms with Gasteiger partial charge in [-0.1, -0.05) is 6.07 Å². The van der Waals surface area contributed by atoms with Gasteiger partial charge in [0.15, 0.2) is 11.5 Å². The van der Waals surface area contributed by atoms with Gasteiger partial charge in [-0.2, -0.15) is 5.10 Å². The molecule has 0 bridgehead atoms. The molecule has 7 nitrogen and oxygen atoms in total. The van der Waals surface area contributed by atoms with E-state index in [0.717, 1.165) is 28.4 Å². The lowest BCUT2D eigenvalue weighted by molar-refractivity contribution is -0.116. The van der Waals surface area contributed by atoms with E-state index >= 15 is 0 Å². The fourth-order valence-electron chi connectivity index (χ4n) is 3.47. The molecule has 0 radical (unpaired) electrons. The van der Waals surface area contributed by atoms with Crippen molar-refractivity contribution in [3.63, 3.8) is 0 Å². The van der Waals surface area contributed by atoms with Gasteiger partial charge in [-0.15, -0.1) is 0 Å². The average molecular weight is 393 g/mol. The summed E-state index contributed by atoms with van der Waals surface area (Å²) in [5.74, 6) is 2.06. The number of fused-ring (bicyclic) bond motifs is 1. The van der Waals surface area contributed by atoms with Gasteiger partial charge in [-0.25, -0.2) is 4.68 Å². The molecule has 29 heavy (non-hydrogen) atoms. The van der Waals surface area contributed by atoms with Crippen molar-refractivity contribution in [2.45, 2.75) is 26.7 Å². The van der Waals surface area contributed by atoms with Gasteiger partial charge in [0.25, 0.3) is 0 Å². The molecule has 0 atom stereocenters. The molecule has 7 heteroatoms. The highest BCUT2D eigenvalue weighted by molar-refractivity contribution is 5.91. The van der Waals surface area contributed by atoms with E-state index in [2.05, 4.69) is 10.4 Å². The highest BCUT2D eigenvalue weighted by Crippen LogP contribution is 2.34. The molecule has 1 aliphatic rings. The highest BCUT2D eigenvalue weighted by atomic mass is 16.7. The maximum absolute atomic E-state index is 12.4. The molecule has 0 fully saturated rings. The van der Waals surface area contributed by atoms with Gasteiger partial charge in [0.1, 0.15) is 5.75 Å². The fourth-order valence-corrected chi connectivity index (χ4v) is 3.47. The Bertz CT molecular complexity index is 1060. The van der Waals surface area contributed by atoms with Crippen molar-refractivity contribution in [1.29, 1.82) is 0 Å². The highest BCUT2D eigenvalue weighted by Gasteiger charge is 2.16. The maximum Gasteiger partial charge on any atom is 0.231 e. The van der Waals surface area contributed by atoms with E-state index in [9.17, 15) is 4.79 Å². The SMILES string of the molecule is COc1cccc(-n2nc(C)c(CCC(=O)Nc3ccc4c(c3)OCO4)c2C)c1. The zero-order valence-corrected chi connectivity index (χ0v) is 16.7. The van der Waals surface area contributed by atoms with Crippen LogP contribution in [-0.2, 0) is 11.2 Å². The van der Waals surface area contributed by atoms with Crippen molar-refractivity contribution in [1.82, 2.24) is 9.78 Å². The first kappa shape index (κ1) is 18.9. The molecule has 1 amide bonds. The summed E-state index contributed by atoms with van der Waals surface area (Å²) in [6.45, 7) is 4.20. The predicted molar refractivity (Wildman–Crippen MR) is 109 cm³/mol. The summed E-state index contributed by atoms with van der Waals surface area (Å²) in [7, 11) is 1.64. The lowest BCUT2D eigenvalue weighted by Crippen LogP contribution is -2.12. The predicted octanol–water partition coefficient (Wildman–Crippen LogP) is 3.80. The number of carbonyl (C=O) groups excluding carboxylic acids is 1. The van der Waals surface area contributed by atoms with Crippen LogP contribution in [0.2, 0.25) is 0 Å². The van der Waals surface area contributed by atoms with Crippen LogP contribution in [0.4, 0.5) is 5.69 Å². The molecule has 3 aromatic rings. The Hall–Kier alpha value is -3.48. The van der Waals surface area contributed by atoms with Gasteiger partial charge in [0.05, 0.1) is 18.5 Å². The Morgan fingerprint density at radius 3 is 2.83 bits per heavy atom. The van der Waals surface area contributed by atoms with E-state index < -0.39 is 0 Å². The second kappa shape index (κ2) is 7.87. The quantitative estimate of drug-likeness (QED) is 0.690.